The lowest BCUT2D eigenvalue weighted by Crippen LogP contribution is -2.58. The summed E-state index contributed by atoms with van der Waals surface area (Å²) in [7, 11) is 0. The molecule has 3 aromatic carbocycles. The fraction of sp³-hybridized carbons (Fsp3) is 0.500. The zero-order chi connectivity index (χ0) is 48.0. The molecule has 3 heterocycles. The zero-order valence-corrected chi connectivity index (χ0v) is 38.2. The van der Waals surface area contributed by atoms with Gasteiger partial charge in [0.25, 0.3) is 0 Å². The van der Waals surface area contributed by atoms with Crippen molar-refractivity contribution in [3.05, 3.63) is 132 Å². The van der Waals surface area contributed by atoms with Gasteiger partial charge in [-0.25, -0.2) is 14.4 Å². The summed E-state index contributed by atoms with van der Waals surface area (Å²) < 4.78 is 48.1. The molecule has 0 aromatic heterocycles. The number of hydrogen-bond donors (Lipinski definition) is 7. The number of hydrogen-bond acceptors (Lipinski definition) is 15. The number of ether oxygens (including phenoxy) is 8. The summed E-state index contributed by atoms with van der Waals surface area (Å²) in [5.74, 6) is -0.531. The van der Waals surface area contributed by atoms with E-state index in [9.17, 15) is 29.7 Å². The zero-order valence-electron chi connectivity index (χ0n) is 38.2. The van der Waals surface area contributed by atoms with Crippen molar-refractivity contribution < 1.29 is 67.6 Å². The highest BCUT2D eigenvalue weighted by molar-refractivity contribution is 5.69. The fourth-order valence-electron chi connectivity index (χ4n) is 8.87. The molecule has 4 aliphatic rings. The highest BCUT2D eigenvalue weighted by Gasteiger charge is 2.52. The number of alkyl carbamates (subject to hydrolysis) is 3. The standard InChI is InChI=1S/C50H64N4O14/c1-3-34-19-21-38(53-49(59)62-28-32-15-9-5-10-16-32)40(64-34)24-36-30(2)23-37(51)42(56)44(36)67-47-43(57)45(41(26-55)66-47)68-46-39(54-50(60)63-29-33-17-11-6-12-18-33)22-20-35(65-46)25-52-48(58)61-27-31-13-7-4-8-14-31/h4-22,30,34-47,55-57H,3,23-29,51H2,1-2H3,(H,52,58)(H,53,59)(H,54,60). The van der Waals surface area contributed by atoms with E-state index in [1.807, 2.05) is 117 Å². The average molecular weight is 945 g/mol. The molecule has 1 aliphatic carbocycles. The largest absolute Gasteiger partial charge is 0.445 e. The normalized spacial score (nSPS) is 32.2. The Morgan fingerprint density at radius 1 is 0.647 bits per heavy atom. The van der Waals surface area contributed by atoms with Crippen LogP contribution in [0.4, 0.5) is 14.4 Å². The lowest BCUT2D eigenvalue weighted by molar-refractivity contribution is -0.240. The maximum absolute atomic E-state index is 13.1. The molecule has 1 saturated heterocycles. The Balaban J connectivity index is 1.02. The predicted octanol–water partition coefficient (Wildman–Crippen LogP) is 4.10. The summed E-state index contributed by atoms with van der Waals surface area (Å²) in [5, 5.41) is 42.5. The number of nitrogens with two attached hydrogens (primary N) is 1. The number of nitrogens with one attached hydrogen (secondary N) is 3. The molecule has 68 heavy (non-hydrogen) atoms. The molecule has 15 atom stereocenters. The summed E-state index contributed by atoms with van der Waals surface area (Å²) in [6.45, 7) is 3.46. The van der Waals surface area contributed by atoms with Crippen LogP contribution < -0.4 is 21.7 Å². The molecule has 3 aromatic rings. The summed E-state index contributed by atoms with van der Waals surface area (Å²) in [5.41, 5.74) is 8.89. The van der Waals surface area contributed by atoms with E-state index >= 15 is 0 Å². The van der Waals surface area contributed by atoms with Crippen LogP contribution in [0.15, 0.2) is 115 Å². The number of aliphatic hydroxyl groups excluding tert-OH is 3. The Hall–Kier alpha value is -5.41. The molecule has 3 aliphatic heterocycles. The fourth-order valence-corrected chi connectivity index (χ4v) is 8.87. The number of rotatable bonds is 18. The van der Waals surface area contributed by atoms with Crippen LogP contribution in [-0.4, -0.2) is 126 Å². The molecule has 15 unspecified atom stereocenters. The molecule has 368 valence electrons. The third-order valence-corrected chi connectivity index (χ3v) is 12.6. The third-order valence-electron chi connectivity index (χ3n) is 12.6. The van der Waals surface area contributed by atoms with Gasteiger partial charge in [0.2, 0.25) is 0 Å². The first-order valence-electron chi connectivity index (χ1n) is 23.2. The molecular weight excluding hydrogens is 881 g/mol. The van der Waals surface area contributed by atoms with Gasteiger partial charge in [-0.1, -0.05) is 129 Å². The van der Waals surface area contributed by atoms with Crippen LogP contribution in [-0.2, 0) is 57.7 Å². The van der Waals surface area contributed by atoms with E-state index in [1.165, 1.54) is 0 Å². The second kappa shape index (κ2) is 24.7. The quantitative estimate of drug-likeness (QED) is 0.0701. The SMILES string of the molecule is CCC1C=CC(NC(=O)OCc2ccccc2)C(CC2C(C)CC(N)C(O)C2OC2OC(CO)C(OC3OC(CNC(=O)OCc4ccccc4)C=CC3NC(=O)OCc3ccccc3)C2O)O1. The summed E-state index contributed by atoms with van der Waals surface area (Å²) in [6, 6.07) is 25.4. The van der Waals surface area contributed by atoms with Gasteiger partial charge in [-0.05, 0) is 47.8 Å². The van der Waals surface area contributed by atoms with Crippen molar-refractivity contribution in [2.24, 2.45) is 17.6 Å². The van der Waals surface area contributed by atoms with Crippen molar-refractivity contribution in [2.75, 3.05) is 13.2 Å². The molecule has 7 rings (SSSR count). The number of carbonyl (C=O) groups excluding carboxylic acids is 3. The number of aliphatic hydroxyl groups is 3. The molecule has 0 radical (unpaired) electrons. The van der Waals surface area contributed by atoms with Crippen LogP contribution in [0.2, 0.25) is 0 Å². The van der Waals surface area contributed by atoms with Gasteiger partial charge in [0.1, 0.15) is 44.2 Å². The number of carbonyl (C=O) groups is 3. The van der Waals surface area contributed by atoms with E-state index in [0.29, 0.717) is 19.3 Å². The van der Waals surface area contributed by atoms with Gasteiger partial charge in [0.05, 0.1) is 49.7 Å². The lowest BCUT2D eigenvalue weighted by Gasteiger charge is -2.46. The monoisotopic (exact) mass is 944 g/mol. The van der Waals surface area contributed by atoms with Gasteiger partial charge < -0.3 is 74.9 Å². The Labute approximate surface area is 396 Å². The lowest BCUT2D eigenvalue weighted by atomic mass is 9.71. The number of benzene rings is 3. The minimum atomic E-state index is -1.55. The molecule has 18 heteroatoms. The molecular formula is C50H64N4O14. The van der Waals surface area contributed by atoms with Gasteiger partial charge in [-0.2, -0.15) is 0 Å². The van der Waals surface area contributed by atoms with Crippen LogP contribution in [0.3, 0.4) is 0 Å². The highest BCUT2D eigenvalue weighted by atomic mass is 16.7. The van der Waals surface area contributed by atoms with Crippen molar-refractivity contribution in [2.45, 2.75) is 132 Å². The van der Waals surface area contributed by atoms with Crippen molar-refractivity contribution in [3.8, 4) is 0 Å². The third kappa shape index (κ3) is 13.9. The Bertz CT molecular complexity index is 2100. The minimum absolute atomic E-state index is 0.00851. The molecule has 0 bridgehead atoms. The van der Waals surface area contributed by atoms with E-state index in [2.05, 4.69) is 16.0 Å². The Kier molecular flexibility index (Phi) is 18.4. The smallest absolute Gasteiger partial charge is 0.408 e. The second-order valence-corrected chi connectivity index (χ2v) is 17.5. The topological polar surface area (TPSA) is 248 Å². The first kappa shape index (κ1) is 50.5. The predicted molar refractivity (Wildman–Crippen MR) is 245 cm³/mol. The highest BCUT2D eigenvalue weighted by Crippen LogP contribution is 2.40. The summed E-state index contributed by atoms with van der Waals surface area (Å²) >= 11 is 0. The summed E-state index contributed by atoms with van der Waals surface area (Å²) in [6.07, 6.45) is -4.06. The van der Waals surface area contributed by atoms with Crippen molar-refractivity contribution in [1.29, 1.82) is 0 Å². The van der Waals surface area contributed by atoms with Crippen LogP contribution >= 0.6 is 0 Å². The molecule has 0 spiro atoms. The first-order valence-corrected chi connectivity index (χ1v) is 23.2. The van der Waals surface area contributed by atoms with Crippen molar-refractivity contribution >= 4 is 18.3 Å². The molecule has 3 amide bonds. The summed E-state index contributed by atoms with van der Waals surface area (Å²) in [4.78, 5) is 38.8. The van der Waals surface area contributed by atoms with Crippen LogP contribution in [0.5, 0.6) is 0 Å². The first-order chi connectivity index (χ1) is 33.0. The van der Waals surface area contributed by atoms with Crippen LogP contribution in [0, 0.1) is 11.8 Å². The maximum Gasteiger partial charge on any atom is 0.408 e. The van der Waals surface area contributed by atoms with Crippen molar-refractivity contribution in [1.82, 2.24) is 16.0 Å². The van der Waals surface area contributed by atoms with Gasteiger partial charge in [0, 0.05) is 6.04 Å². The molecule has 8 N–H and O–H groups in total. The minimum Gasteiger partial charge on any atom is -0.445 e. The van der Waals surface area contributed by atoms with Crippen molar-refractivity contribution in [3.63, 3.8) is 0 Å². The Morgan fingerprint density at radius 3 is 1.75 bits per heavy atom. The molecule has 1 saturated carbocycles. The van der Waals surface area contributed by atoms with E-state index in [-0.39, 0.29) is 38.4 Å². The van der Waals surface area contributed by atoms with E-state index < -0.39 is 104 Å². The van der Waals surface area contributed by atoms with E-state index in [4.69, 9.17) is 43.6 Å². The molecule has 2 fully saturated rings. The molecule has 18 nitrogen and oxygen atoms in total. The van der Waals surface area contributed by atoms with Gasteiger partial charge in [-0.15, -0.1) is 0 Å². The second-order valence-electron chi connectivity index (χ2n) is 17.5. The van der Waals surface area contributed by atoms with Gasteiger partial charge in [0.15, 0.2) is 12.6 Å². The van der Waals surface area contributed by atoms with Gasteiger partial charge >= 0.3 is 18.3 Å². The Morgan fingerprint density at radius 2 is 1.18 bits per heavy atom. The van der Waals surface area contributed by atoms with E-state index in [1.54, 1.807) is 12.2 Å². The number of amides is 3. The van der Waals surface area contributed by atoms with Gasteiger partial charge in [-0.3, -0.25) is 0 Å². The average Bonchev–Trinajstić information content (AvgIpc) is 3.65. The maximum atomic E-state index is 13.1. The van der Waals surface area contributed by atoms with Crippen LogP contribution in [0.25, 0.3) is 0 Å². The van der Waals surface area contributed by atoms with E-state index in [0.717, 1.165) is 16.7 Å². The van der Waals surface area contributed by atoms with Crippen LogP contribution in [0.1, 0.15) is 49.8 Å².